The van der Waals surface area contributed by atoms with E-state index < -0.39 is 18.0 Å². The van der Waals surface area contributed by atoms with E-state index in [4.69, 9.17) is 14.2 Å². The van der Waals surface area contributed by atoms with Gasteiger partial charge >= 0.3 is 18.0 Å². The molecule has 1 aliphatic rings. The summed E-state index contributed by atoms with van der Waals surface area (Å²) in [6.07, 6.45) is 0. The molecule has 1 aromatic rings. The highest BCUT2D eigenvalue weighted by Crippen LogP contribution is 2.32. The number of nitrogens with one attached hydrogen (secondary N) is 1. The van der Waals surface area contributed by atoms with E-state index >= 15 is 0 Å². The number of allylic oxidation sites excluding steroid dienone is 1. The van der Waals surface area contributed by atoms with Crippen molar-refractivity contribution >= 4 is 18.0 Å². The summed E-state index contributed by atoms with van der Waals surface area (Å²) >= 11 is 0. The van der Waals surface area contributed by atoms with Gasteiger partial charge in [0, 0.05) is 19.9 Å². The van der Waals surface area contributed by atoms with Gasteiger partial charge in [0.25, 0.3) is 0 Å². The molecule has 1 unspecified atom stereocenters. The van der Waals surface area contributed by atoms with Gasteiger partial charge in [-0.15, -0.1) is 0 Å². The van der Waals surface area contributed by atoms with Crippen molar-refractivity contribution in [1.29, 1.82) is 0 Å². The van der Waals surface area contributed by atoms with Crippen molar-refractivity contribution in [2.24, 2.45) is 0 Å². The molecule has 8 heteroatoms. The van der Waals surface area contributed by atoms with E-state index in [1.807, 2.05) is 0 Å². The number of hydrogen-bond acceptors (Lipinski definition) is 6. The number of rotatable bonds is 6. The molecule has 8 nitrogen and oxygen atoms in total. The zero-order valence-electron chi connectivity index (χ0n) is 15.2. The molecular weight excluding hydrogens is 340 g/mol. The fraction of sp³-hybridized carbons (Fsp3) is 0.389. The highest BCUT2D eigenvalue weighted by molar-refractivity contribution is 5.97. The third kappa shape index (κ3) is 3.85. The van der Waals surface area contributed by atoms with Gasteiger partial charge in [0.2, 0.25) is 0 Å². The Hall–Kier alpha value is -2.87. The van der Waals surface area contributed by atoms with Crippen LogP contribution in [-0.2, 0) is 19.0 Å². The Labute approximate surface area is 151 Å². The Balaban J connectivity index is 2.50. The second-order valence-corrected chi connectivity index (χ2v) is 5.65. The van der Waals surface area contributed by atoms with E-state index in [0.29, 0.717) is 11.3 Å². The van der Waals surface area contributed by atoms with Crippen molar-refractivity contribution in [2.45, 2.75) is 13.0 Å². The molecule has 0 saturated heterocycles. The molecule has 26 heavy (non-hydrogen) atoms. The molecule has 1 N–H and O–H groups in total. The Kier molecular flexibility index (Phi) is 6.35. The van der Waals surface area contributed by atoms with Crippen LogP contribution in [0.4, 0.5) is 4.79 Å². The first-order valence-corrected chi connectivity index (χ1v) is 8.00. The summed E-state index contributed by atoms with van der Waals surface area (Å²) < 4.78 is 14.9. The second-order valence-electron chi connectivity index (χ2n) is 5.65. The number of hydrogen-bond donors (Lipinski definition) is 1. The SMILES string of the molecule is COCCOC(=O)C1=C(C)N(C)C(=O)NC1c1ccccc1C(=O)OC. The molecule has 0 fully saturated rings. The van der Waals surface area contributed by atoms with Gasteiger partial charge in [0.15, 0.2) is 0 Å². The average molecular weight is 362 g/mol. The zero-order chi connectivity index (χ0) is 19.3. The number of nitrogens with zero attached hydrogens (tertiary/aromatic N) is 1. The molecule has 0 radical (unpaired) electrons. The largest absolute Gasteiger partial charge is 0.465 e. The maximum Gasteiger partial charge on any atom is 0.338 e. The zero-order valence-corrected chi connectivity index (χ0v) is 15.2. The van der Waals surface area contributed by atoms with Crippen molar-refractivity contribution in [3.8, 4) is 0 Å². The summed E-state index contributed by atoms with van der Waals surface area (Å²) in [4.78, 5) is 38.3. The van der Waals surface area contributed by atoms with Crippen molar-refractivity contribution in [3.05, 3.63) is 46.7 Å². The highest BCUT2D eigenvalue weighted by Gasteiger charge is 2.36. The summed E-state index contributed by atoms with van der Waals surface area (Å²) in [7, 11) is 4.32. The van der Waals surface area contributed by atoms with Crippen molar-refractivity contribution in [2.75, 3.05) is 34.5 Å². The Morgan fingerprint density at radius 2 is 1.85 bits per heavy atom. The normalized spacial score (nSPS) is 17.0. The maximum absolute atomic E-state index is 12.6. The Morgan fingerprint density at radius 3 is 2.50 bits per heavy atom. The molecule has 0 bridgehead atoms. The summed E-state index contributed by atoms with van der Waals surface area (Å²) in [5, 5.41) is 2.74. The molecule has 2 amide bonds. The minimum atomic E-state index is -0.830. The quantitative estimate of drug-likeness (QED) is 0.611. The number of carbonyl (C=O) groups is 3. The van der Waals surface area contributed by atoms with Gasteiger partial charge in [0.1, 0.15) is 6.61 Å². The van der Waals surface area contributed by atoms with Gasteiger partial charge in [-0.05, 0) is 18.6 Å². The Morgan fingerprint density at radius 1 is 1.15 bits per heavy atom. The predicted molar refractivity (Wildman–Crippen MR) is 92.4 cm³/mol. The molecule has 140 valence electrons. The van der Waals surface area contributed by atoms with Crippen LogP contribution in [0, 0.1) is 0 Å². The van der Waals surface area contributed by atoms with E-state index in [9.17, 15) is 14.4 Å². The van der Waals surface area contributed by atoms with E-state index in [2.05, 4.69) is 5.32 Å². The summed E-state index contributed by atoms with van der Waals surface area (Å²) in [5.41, 5.74) is 1.42. The van der Waals surface area contributed by atoms with Crippen molar-refractivity contribution in [1.82, 2.24) is 10.2 Å². The van der Waals surface area contributed by atoms with Crippen LogP contribution in [0.5, 0.6) is 0 Å². The molecule has 1 aromatic carbocycles. The lowest BCUT2D eigenvalue weighted by molar-refractivity contribution is -0.140. The van der Waals surface area contributed by atoms with Crippen LogP contribution in [0.25, 0.3) is 0 Å². The second kappa shape index (κ2) is 8.48. The minimum absolute atomic E-state index is 0.0785. The summed E-state index contributed by atoms with van der Waals surface area (Å²) in [6.45, 7) is 1.98. The van der Waals surface area contributed by atoms with Crippen LogP contribution in [-0.4, -0.2) is 57.4 Å². The number of benzene rings is 1. The van der Waals surface area contributed by atoms with Crippen LogP contribution in [0.15, 0.2) is 35.5 Å². The van der Waals surface area contributed by atoms with Gasteiger partial charge in [-0.1, -0.05) is 18.2 Å². The van der Waals surface area contributed by atoms with Crippen LogP contribution >= 0.6 is 0 Å². The number of methoxy groups -OCH3 is 2. The van der Waals surface area contributed by atoms with Gasteiger partial charge in [-0.2, -0.15) is 0 Å². The lowest BCUT2D eigenvalue weighted by atomic mass is 9.91. The third-order valence-corrected chi connectivity index (χ3v) is 4.17. The Bertz CT molecular complexity index is 743. The van der Waals surface area contributed by atoms with E-state index in [1.165, 1.54) is 19.1 Å². The van der Waals surface area contributed by atoms with Crippen LogP contribution in [0.2, 0.25) is 0 Å². The number of urea groups is 1. The first-order valence-electron chi connectivity index (χ1n) is 8.00. The molecular formula is C18H22N2O6. The molecule has 2 rings (SSSR count). The first kappa shape index (κ1) is 19.5. The van der Waals surface area contributed by atoms with Crippen molar-refractivity contribution < 1.29 is 28.6 Å². The predicted octanol–water partition coefficient (Wildman–Crippen LogP) is 1.63. The molecule has 0 saturated carbocycles. The number of esters is 2. The number of amides is 2. The topological polar surface area (TPSA) is 94.2 Å². The molecule has 0 spiro atoms. The summed E-state index contributed by atoms with van der Waals surface area (Å²) in [6, 6.07) is 5.42. The molecule has 0 aromatic heterocycles. The third-order valence-electron chi connectivity index (χ3n) is 4.17. The van der Waals surface area contributed by atoms with Crippen molar-refractivity contribution in [3.63, 3.8) is 0 Å². The number of carbonyl (C=O) groups excluding carboxylic acids is 3. The van der Waals surface area contributed by atoms with Gasteiger partial charge in [0.05, 0.1) is 30.9 Å². The van der Waals surface area contributed by atoms with Crippen LogP contribution in [0.3, 0.4) is 0 Å². The fourth-order valence-electron chi connectivity index (χ4n) is 2.67. The highest BCUT2D eigenvalue weighted by atomic mass is 16.6. The first-order chi connectivity index (χ1) is 12.4. The molecule has 1 atom stereocenters. The monoisotopic (exact) mass is 362 g/mol. The standard InChI is InChI=1S/C18H22N2O6/c1-11-14(17(22)26-10-9-24-3)15(19-18(23)20(11)2)12-7-5-6-8-13(12)16(21)25-4/h5-8,15H,9-10H2,1-4H3,(H,19,23). The minimum Gasteiger partial charge on any atom is -0.465 e. The smallest absolute Gasteiger partial charge is 0.338 e. The average Bonchev–Trinajstić information content (AvgIpc) is 2.65. The lowest BCUT2D eigenvalue weighted by Crippen LogP contribution is -2.46. The van der Waals surface area contributed by atoms with Gasteiger partial charge in [-0.3, -0.25) is 0 Å². The molecule has 1 heterocycles. The maximum atomic E-state index is 12.6. The van der Waals surface area contributed by atoms with E-state index in [1.54, 1.807) is 38.2 Å². The summed E-state index contributed by atoms with van der Waals surface area (Å²) in [5.74, 6) is -1.14. The van der Waals surface area contributed by atoms with E-state index in [0.717, 1.165) is 0 Å². The van der Waals surface area contributed by atoms with Crippen LogP contribution < -0.4 is 5.32 Å². The van der Waals surface area contributed by atoms with E-state index in [-0.39, 0.29) is 30.4 Å². The molecule has 1 aliphatic heterocycles. The van der Waals surface area contributed by atoms with Gasteiger partial charge in [-0.25, -0.2) is 14.4 Å². The van der Waals surface area contributed by atoms with Crippen LogP contribution in [0.1, 0.15) is 28.9 Å². The lowest BCUT2D eigenvalue weighted by Gasteiger charge is -2.33. The van der Waals surface area contributed by atoms with Gasteiger partial charge < -0.3 is 24.4 Å². The number of ether oxygens (including phenoxy) is 3. The molecule has 0 aliphatic carbocycles. The fourth-order valence-corrected chi connectivity index (χ4v) is 2.67.